The molecule has 0 atom stereocenters. The van der Waals surface area contributed by atoms with E-state index < -0.39 is 0 Å². The third kappa shape index (κ3) is 4.67. The number of likely N-dealkylation sites (N-methyl/N-ethyl adjacent to an activating group) is 1. The molecule has 25 heavy (non-hydrogen) atoms. The van der Waals surface area contributed by atoms with E-state index in [0.29, 0.717) is 19.5 Å². The highest BCUT2D eigenvalue weighted by Crippen LogP contribution is 2.19. The number of nitrogens with zero attached hydrogens (tertiary/aromatic N) is 1. The Morgan fingerprint density at radius 2 is 2.00 bits per heavy atom. The summed E-state index contributed by atoms with van der Waals surface area (Å²) in [6.07, 6.45) is 2.58. The van der Waals surface area contributed by atoms with Crippen molar-refractivity contribution in [1.29, 1.82) is 0 Å². The lowest BCUT2D eigenvalue weighted by Gasteiger charge is -2.16. The molecule has 0 radical (unpaired) electrons. The number of fused-ring (bicyclic) bond motifs is 1. The zero-order valence-electron chi connectivity index (χ0n) is 14.3. The maximum atomic E-state index is 13.2. The Labute approximate surface area is 146 Å². The summed E-state index contributed by atoms with van der Waals surface area (Å²) in [5, 5.41) is 3.94. The van der Waals surface area contributed by atoms with Crippen molar-refractivity contribution >= 4 is 16.8 Å². The van der Waals surface area contributed by atoms with Gasteiger partial charge in [-0.1, -0.05) is 30.3 Å². The lowest BCUT2D eigenvalue weighted by Crippen LogP contribution is -2.35. The number of hydrogen-bond acceptors (Lipinski definition) is 2. The quantitative estimate of drug-likeness (QED) is 0.695. The molecule has 4 nitrogen and oxygen atoms in total. The number of amides is 1. The number of halogens is 1. The van der Waals surface area contributed by atoms with Crippen molar-refractivity contribution in [3.8, 4) is 0 Å². The van der Waals surface area contributed by atoms with Crippen LogP contribution in [0.15, 0.2) is 54.7 Å². The van der Waals surface area contributed by atoms with Gasteiger partial charge in [0, 0.05) is 30.2 Å². The fraction of sp³-hybridized carbons (Fsp3) is 0.250. The normalized spacial score (nSPS) is 11.2. The van der Waals surface area contributed by atoms with Gasteiger partial charge in [0.2, 0.25) is 5.91 Å². The number of aromatic amines is 1. The lowest BCUT2D eigenvalue weighted by molar-refractivity contribution is -0.122. The number of aromatic nitrogens is 1. The predicted octanol–water partition coefficient (Wildman–Crippen LogP) is 3.10. The molecule has 0 bridgehead atoms. The van der Waals surface area contributed by atoms with Crippen LogP contribution >= 0.6 is 0 Å². The van der Waals surface area contributed by atoms with Crippen LogP contribution in [0.25, 0.3) is 10.9 Å². The van der Waals surface area contributed by atoms with E-state index in [1.165, 1.54) is 17.7 Å². The summed E-state index contributed by atoms with van der Waals surface area (Å²) < 4.78 is 13.2. The second-order valence-electron chi connectivity index (χ2n) is 6.26. The number of carbonyl (C=O) groups is 1. The van der Waals surface area contributed by atoms with Gasteiger partial charge in [0.15, 0.2) is 0 Å². The first-order valence-electron chi connectivity index (χ1n) is 8.36. The van der Waals surface area contributed by atoms with Crippen LogP contribution in [-0.4, -0.2) is 35.9 Å². The third-order valence-electron chi connectivity index (χ3n) is 4.15. The van der Waals surface area contributed by atoms with Crippen LogP contribution in [-0.2, 0) is 17.8 Å². The SMILES string of the molecule is CN(CC(=O)NCCc1c[nH]c2cc(F)ccc12)Cc1ccccc1. The zero-order valence-corrected chi connectivity index (χ0v) is 14.3. The van der Waals surface area contributed by atoms with Gasteiger partial charge in [-0.05, 0) is 42.8 Å². The number of hydrogen-bond donors (Lipinski definition) is 2. The van der Waals surface area contributed by atoms with Crippen LogP contribution in [0, 0.1) is 5.82 Å². The number of carbonyl (C=O) groups excluding carboxylic acids is 1. The van der Waals surface area contributed by atoms with E-state index >= 15 is 0 Å². The highest BCUT2D eigenvalue weighted by Gasteiger charge is 2.08. The molecule has 2 aromatic carbocycles. The highest BCUT2D eigenvalue weighted by molar-refractivity contribution is 5.83. The van der Waals surface area contributed by atoms with Crippen molar-refractivity contribution in [2.24, 2.45) is 0 Å². The van der Waals surface area contributed by atoms with E-state index in [9.17, 15) is 9.18 Å². The molecule has 1 amide bonds. The number of H-pyrrole nitrogens is 1. The molecular weight excluding hydrogens is 317 g/mol. The second kappa shape index (κ2) is 7.94. The van der Waals surface area contributed by atoms with Gasteiger partial charge in [0.25, 0.3) is 0 Å². The molecule has 1 heterocycles. The highest BCUT2D eigenvalue weighted by atomic mass is 19.1. The monoisotopic (exact) mass is 339 g/mol. The number of rotatable bonds is 7. The summed E-state index contributed by atoms with van der Waals surface area (Å²) in [5.74, 6) is -0.250. The van der Waals surface area contributed by atoms with Gasteiger partial charge in [-0.2, -0.15) is 0 Å². The summed E-state index contributed by atoms with van der Waals surface area (Å²) in [6, 6.07) is 14.8. The fourth-order valence-electron chi connectivity index (χ4n) is 2.95. The van der Waals surface area contributed by atoms with Crippen LogP contribution in [0.4, 0.5) is 4.39 Å². The Morgan fingerprint density at radius 1 is 1.20 bits per heavy atom. The summed E-state index contributed by atoms with van der Waals surface area (Å²) in [6.45, 7) is 1.65. The minimum Gasteiger partial charge on any atom is -0.361 e. The molecular formula is C20H22FN3O. The van der Waals surface area contributed by atoms with Crippen molar-refractivity contribution in [3.05, 3.63) is 71.7 Å². The molecule has 0 aliphatic rings. The predicted molar refractivity (Wildman–Crippen MR) is 97.7 cm³/mol. The fourth-order valence-corrected chi connectivity index (χ4v) is 2.95. The van der Waals surface area contributed by atoms with Gasteiger partial charge < -0.3 is 10.3 Å². The maximum absolute atomic E-state index is 13.2. The van der Waals surface area contributed by atoms with Crippen molar-refractivity contribution in [2.75, 3.05) is 20.1 Å². The summed E-state index contributed by atoms with van der Waals surface area (Å²) in [4.78, 5) is 17.1. The standard InChI is InChI=1S/C20H22FN3O/c1-24(13-15-5-3-2-4-6-15)14-20(25)22-10-9-16-12-23-19-11-17(21)7-8-18(16)19/h2-8,11-12,23H,9-10,13-14H2,1H3,(H,22,25). The first kappa shape index (κ1) is 17.2. The second-order valence-corrected chi connectivity index (χ2v) is 6.26. The summed E-state index contributed by atoms with van der Waals surface area (Å²) >= 11 is 0. The van der Waals surface area contributed by atoms with Crippen molar-refractivity contribution in [2.45, 2.75) is 13.0 Å². The van der Waals surface area contributed by atoms with E-state index in [1.807, 2.05) is 48.5 Å². The maximum Gasteiger partial charge on any atom is 0.234 e. The molecule has 1 aromatic heterocycles. The smallest absolute Gasteiger partial charge is 0.234 e. The molecule has 0 saturated carbocycles. The zero-order chi connectivity index (χ0) is 17.6. The van der Waals surface area contributed by atoms with Crippen LogP contribution in [0.3, 0.4) is 0 Å². The van der Waals surface area contributed by atoms with Crippen molar-refractivity contribution in [3.63, 3.8) is 0 Å². The van der Waals surface area contributed by atoms with Gasteiger partial charge in [-0.25, -0.2) is 4.39 Å². The lowest BCUT2D eigenvalue weighted by atomic mass is 10.1. The van der Waals surface area contributed by atoms with Gasteiger partial charge in [0.1, 0.15) is 5.82 Å². The van der Waals surface area contributed by atoms with E-state index in [2.05, 4.69) is 10.3 Å². The molecule has 0 aliphatic carbocycles. The Morgan fingerprint density at radius 3 is 2.80 bits per heavy atom. The van der Waals surface area contributed by atoms with Gasteiger partial charge >= 0.3 is 0 Å². The van der Waals surface area contributed by atoms with Crippen molar-refractivity contribution in [1.82, 2.24) is 15.2 Å². The van der Waals surface area contributed by atoms with Crippen LogP contribution in [0.2, 0.25) is 0 Å². The van der Waals surface area contributed by atoms with E-state index in [1.54, 1.807) is 6.07 Å². The molecule has 5 heteroatoms. The molecule has 130 valence electrons. The number of nitrogens with one attached hydrogen (secondary N) is 2. The van der Waals surface area contributed by atoms with Crippen molar-refractivity contribution < 1.29 is 9.18 Å². The summed E-state index contributed by atoms with van der Waals surface area (Å²) in [7, 11) is 1.93. The average molecular weight is 339 g/mol. The van der Waals surface area contributed by atoms with Gasteiger partial charge in [-0.15, -0.1) is 0 Å². The molecule has 0 fully saturated rings. The topological polar surface area (TPSA) is 48.1 Å². The average Bonchev–Trinajstić information content (AvgIpc) is 2.97. The van der Waals surface area contributed by atoms with Gasteiger partial charge in [0.05, 0.1) is 6.54 Å². The number of benzene rings is 2. The van der Waals surface area contributed by atoms with Crippen LogP contribution < -0.4 is 5.32 Å². The Kier molecular flexibility index (Phi) is 5.46. The van der Waals surface area contributed by atoms with E-state index in [-0.39, 0.29) is 11.7 Å². The van der Waals surface area contributed by atoms with Gasteiger partial charge in [-0.3, -0.25) is 9.69 Å². The molecule has 0 unspecified atom stereocenters. The molecule has 0 saturated heterocycles. The first-order chi connectivity index (χ1) is 12.1. The molecule has 0 aliphatic heterocycles. The summed E-state index contributed by atoms with van der Waals surface area (Å²) in [5.41, 5.74) is 3.04. The molecule has 3 aromatic rings. The van der Waals surface area contributed by atoms with Crippen LogP contribution in [0.1, 0.15) is 11.1 Å². The third-order valence-corrected chi connectivity index (χ3v) is 4.15. The first-order valence-corrected chi connectivity index (χ1v) is 8.36. The largest absolute Gasteiger partial charge is 0.361 e. The minimum atomic E-state index is -0.254. The van der Waals surface area contributed by atoms with E-state index in [0.717, 1.165) is 23.0 Å². The molecule has 3 rings (SSSR count). The molecule has 0 spiro atoms. The van der Waals surface area contributed by atoms with E-state index in [4.69, 9.17) is 0 Å². The Hall–Kier alpha value is -2.66. The Balaban J connectivity index is 1.45. The van der Waals surface area contributed by atoms with Crippen LogP contribution in [0.5, 0.6) is 0 Å². The molecule has 2 N–H and O–H groups in total. The Bertz CT molecular complexity index is 845. The minimum absolute atomic E-state index is 0.00400.